The van der Waals surface area contributed by atoms with Gasteiger partial charge in [0.05, 0.1) is 51.3 Å². The van der Waals surface area contributed by atoms with Crippen LogP contribution in [0.2, 0.25) is 0 Å². The summed E-state index contributed by atoms with van der Waals surface area (Å²) in [4.78, 5) is 0. The van der Waals surface area contributed by atoms with Crippen molar-refractivity contribution in [2.45, 2.75) is 45.2 Å². The Bertz CT molecular complexity index is 171. The molecule has 110 valence electrons. The summed E-state index contributed by atoms with van der Waals surface area (Å²) in [6.07, 6.45) is -1.69. The van der Waals surface area contributed by atoms with Crippen molar-refractivity contribution in [3.63, 3.8) is 0 Å². The van der Waals surface area contributed by atoms with Gasteiger partial charge in [-0.15, -0.1) is 0 Å². The first-order chi connectivity index (χ1) is 8.45. The molecule has 0 aliphatic carbocycles. The van der Waals surface area contributed by atoms with E-state index in [0.29, 0.717) is 0 Å². The highest BCUT2D eigenvalue weighted by molar-refractivity contribution is 4.60. The van der Waals surface area contributed by atoms with E-state index in [-0.39, 0.29) is 45.2 Å². The Hall–Kier alpha value is -0.240. The minimum absolute atomic E-state index is 0.0801. The Morgan fingerprint density at radius 2 is 1.28 bits per heavy atom. The van der Waals surface area contributed by atoms with Crippen LogP contribution in [-0.2, 0) is 14.2 Å². The standard InChI is InChI=1S/C12H26O6/c1-9(14)5-16-7-12(18-11(3)4-13)8-17-6-10(2)15/h9-15H,4-8H2,1-3H3. The molecule has 0 aliphatic heterocycles. The Balaban J connectivity index is 3.91. The van der Waals surface area contributed by atoms with Crippen LogP contribution < -0.4 is 0 Å². The number of hydrogen-bond acceptors (Lipinski definition) is 6. The molecule has 0 saturated heterocycles. The van der Waals surface area contributed by atoms with E-state index >= 15 is 0 Å². The summed E-state index contributed by atoms with van der Waals surface area (Å²) < 4.78 is 16.0. The van der Waals surface area contributed by atoms with E-state index in [1.165, 1.54) is 0 Å². The molecule has 18 heavy (non-hydrogen) atoms. The maximum absolute atomic E-state index is 9.07. The number of ether oxygens (including phenoxy) is 3. The van der Waals surface area contributed by atoms with Gasteiger partial charge in [-0.05, 0) is 20.8 Å². The maximum Gasteiger partial charge on any atom is 0.105 e. The number of rotatable bonds is 11. The molecule has 0 spiro atoms. The molecule has 6 nitrogen and oxygen atoms in total. The summed E-state index contributed by atoms with van der Waals surface area (Å²) >= 11 is 0. The van der Waals surface area contributed by atoms with E-state index in [1.807, 2.05) is 0 Å². The van der Waals surface area contributed by atoms with Crippen LogP contribution in [0.3, 0.4) is 0 Å². The predicted octanol–water partition coefficient (Wildman–Crippen LogP) is -0.453. The second kappa shape index (κ2) is 10.7. The maximum atomic E-state index is 9.07. The van der Waals surface area contributed by atoms with E-state index in [4.69, 9.17) is 29.5 Å². The Kier molecular flexibility index (Phi) is 10.5. The van der Waals surface area contributed by atoms with E-state index in [9.17, 15) is 0 Å². The van der Waals surface area contributed by atoms with Gasteiger partial charge in [0.25, 0.3) is 0 Å². The minimum Gasteiger partial charge on any atom is -0.394 e. The molecule has 0 saturated carbocycles. The number of hydrogen-bond donors (Lipinski definition) is 3. The average Bonchev–Trinajstić information content (AvgIpc) is 2.27. The molecule has 0 amide bonds. The third kappa shape index (κ3) is 10.9. The smallest absolute Gasteiger partial charge is 0.105 e. The first-order valence-electron chi connectivity index (χ1n) is 6.23. The van der Waals surface area contributed by atoms with Gasteiger partial charge >= 0.3 is 0 Å². The zero-order valence-corrected chi connectivity index (χ0v) is 11.4. The number of aliphatic hydroxyl groups is 3. The molecule has 3 unspecified atom stereocenters. The molecule has 0 bridgehead atoms. The van der Waals surface area contributed by atoms with E-state index < -0.39 is 12.2 Å². The van der Waals surface area contributed by atoms with Crippen molar-refractivity contribution >= 4 is 0 Å². The van der Waals surface area contributed by atoms with Crippen molar-refractivity contribution in [2.75, 3.05) is 33.0 Å². The van der Waals surface area contributed by atoms with Crippen LogP contribution in [0.15, 0.2) is 0 Å². The molecule has 0 aliphatic rings. The molecule has 0 aromatic carbocycles. The third-order valence-corrected chi connectivity index (χ3v) is 2.01. The van der Waals surface area contributed by atoms with Crippen LogP contribution in [-0.4, -0.2) is 72.8 Å². The van der Waals surface area contributed by atoms with E-state index in [1.54, 1.807) is 20.8 Å². The van der Waals surface area contributed by atoms with Crippen molar-refractivity contribution in [1.82, 2.24) is 0 Å². The molecule has 3 atom stereocenters. The Morgan fingerprint density at radius 1 is 0.833 bits per heavy atom. The molecule has 6 heteroatoms. The first-order valence-corrected chi connectivity index (χ1v) is 6.23. The fourth-order valence-electron chi connectivity index (χ4n) is 1.24. The van der Waals surface area contributed by atoms with Gasteiger partial charge in [0, 0.05) is 0 Å². The van der Waals surface area contributed by atoms with Crippen LogP contribution in [0.25, 0.3) is 0 Å². The van der Waals surface area contributed by atoms with Gasteiger partial charge < -0.3 is 29.5 Å². The lowest BCUT2D eigenvalue weighted by atomic mass is 10.3. The minimum atomic E-state index is -0.528. The SMILES string of the molecule is CC(O)COCC(COCC(C)O)OC(C)CO. The summed E-state index contributed by atoms with van der Waals surface area (Å²) in [5.41, 5.74) is 0. The largest absolute Gasteiger partial charge is 0.394 e. The third-order valence-electron chi connectivity index (χ3n) is 2.01. The van der Waals surface area contributed by atoms with Crippen LogP contribution in [0.4, 0.5) is 0 Å². The lowest BCUT2D eigenvalue weighted by molar-refractivity contribution is -0.109. The Morgan fingerprint density at radius 3 is 1.61 bits per heavy atom. The van der Waals surface area contributed by atoms with Gasteiger partial charge in [-0.25, -0.2) is 0 Å². The zero-order valence-electron chi connectivity index (χ0n) is 11.4. The van der Waals surface area contributed by atoms with Crippen molar-refractivity contribution in [2.24, 2.45) is 0 Å². The summed E-state index contributed by atoms with van der Waals surface area (Å²) in [6.45, 7) is 5.93. The van der Waals surface area contributed by atoms with Gasteiger partial charge in [0.2, 0.25) is 0 Å². The van der Waals surface area contributed by atoms with E-state index in [0.717, 1.165) is 0 Å². The summed E-state index contributed by atoms with van der Waals surface area (Å²) in [6, 6.07) is 0. The van der Waals surface area contributed by atoms with Crippen molar-refractivity contribution in [3.05, 3.63) is 0 Å². The topological polar surface area (TPSA) is 88.4 Å². The van der Waals surface area contributed by atoms with Crippen LogP contribution in [0, 0.1) is 0 Å². The van der Waals surface area contributed by atoms with Crippen molar-refractivity contribution in [1.29, 1.82) is 0 Å². The van der Waals surface area contributed by atoms with Crippen LogP contribution >= 0.6 is 0 Å². The molecule has 0 fully saturated rings. The zero-order chi connectivity index (χ0) is 14.0. The van der Waals surface area contributed by atoms with Gasteiger partial charge in [-0.1, -0.05) is 0 Å². The van der Waals surface area contributed by atoms with Gasteiger partial charge in [-0.2, -0.15) is 0 Å². The molecular formula is C12H26O6. The normalized spacial score (nSPS) is 18.3. The van der Waals surface area contributed by atoms with Crippen molar-refractivity contribution in [3.8, 4) is 0 Å². The highest BCUT2D eigenvalue weighted by Crippen LogP contribution is 2.02. The lowest BCUT2D eigenvalue weighted by Gasteiger charge is -2.22. The fraction of sp³-hybridized carbons (Fsp3) is 1.00. The average molecular weight is 266 g/mol. The second-order valence-electron chi connectivity index (χ2n) is 4.52. The van der Waals surface area contributed by atoms with Gasteiger partial charge in [-0.3, -0.25) is 0 Å². The van der Waals surface area contributed by atoms with Gasteiger partial charge in [0.15, 0.2) is 0 Å². The lowest BCUT2D eigenvalue weighted by Crippen LogP contribution is -2.32. The predicted molar refractivity (Wildman–Crippen MR) is 66.4 cm³/mol. The summed E-state index contributed by atoms with van der Waals surface area (Å²) in [7, 11) is 0. The van der Waals surface area contributed by atoms with Crippen LogP contribution in [0.5, 0.6) is 0 Å². The van der Waals surface area contributed by atoms with Gasteiger partial charge in [0.1, 0.15) is 6.10 Å². The van der Waals surface area contributed by atoms with E-state index in [2.05, 4.69) is 0 Å². The molecule has 0 radical (unpaired) electrons. The molecular weight excluding hydrogens is 240 g/mol. The highest BCUT2D eigenvalue weighted by atomic mass is 16.6. The molecule has 0 aromatic heterocycles. The summed E-state index contributed by atoms with van der Waals surface area (Å²) in [5, 5.41) is 27.1. The number of aliphatic hydroxyl groups excluding tert-OH is 3. The fourth-order valence-corrected chi connectivity index (χ4v) is 1.24. The second-order valence-corrected chi connectivity index (χ2v) is 4.52. The summed E-state index contributed by atoms with van der Waals surface area (Å²) in [5.74, 6) is 0. The monoisotopic (exact) mass is 266 g/mol. The van der Waals surface area contributed by atoms with Crippen LogP contribution in [0.1, 0.15) is 20.8 Å². The quantitative estimate of drug-likeness (QED) is 0.469. The van der Waals surface area contributed by atoms with Crippen molar-refractivity contribution < 1.29 is 29.5 Å². The molecule has 3 N–H and O–H groups in total. The molecule has 0 aromatic rings. The highest BCUT2D eigenvalue weighted by Gasteiger charge is 2.14. The first kappa shape index (κ1) is 17.8. The molecule has 0 rings (SSSR count). The molecule has 0 heterocycles. The Labute approximate surface area is 108 Å².